The Morgan fingerprint density at radius 2 is 2.04 bits per heavy atom. The van der Waals surface area contributed by atoms with Crippen molar-refractivity contribution in [1.82, 2.24) is 14.5 Å². The maximum atomic E-state index is 12.7. The molecule has 4 rings (SSSR count). The van der Waals surface area contributed by atoms with Gasteiger partial charge < -0.3 is 18.9 Å². The number of methoxy groups -OCH3 is 1. The van der Waals surface area contributed by atoms with E-state index in [2.05, 4.69) is 9.55 Å². The Hall–Kier alpha value is -2.34. The molecule has 1 aliphatic carbocycles. The molecule has 1 saturated carbocycles. The molecule has 1 aliphatic heterocycles. The van der Waals surface area contributed by atoms with E-state index in [-0.39, 0.29) is 5.91 Å². The normalized spacial score (nSPS) is 16.4. The van der Waals surface area contributed by atoms with Gasteiger partial charge in [0, 0.05) is 19.7 Å². The summed E-state index contributed by atoms with van der Waals surface area (Å²) in [6, 6.07) is 7.68. The van der Waals surface area contributed by atoms with Crippen LogP contribution in [-0.4, -0.2) is 40.6 Å². The lowest BCUT2D eigenvalue weighted by atomic mass is 10.1. The smallest absolute Gasteiger partial charge is 0.227 e. The van der Waals surface area contributed by atoms with Gasteiger partial charge in [0.05, 0.1) is 44.4 Å². The third-order valence-corrected chi connectivity index (χ3v) is 5.14. The topological polar surface area (TPSA) is 56.6 Å². The van der Waals surface area contributed by atoms with Crippen LogP contribution in [0.1, 0.15) is 29.8 Å². The number of hydrogen-bond donors (Lipinski definition) is 0. The number of benzene rings is 1. The highest BCUT2D eigenvalue weighted by Gasteiger charge is 2.25. The van der Waals surface area contributed by atoms with E-state index < -0.39 is 0 Å². The molecule has 0 N–H and O–H groups in total. The molecule has 1 fully saturated rings. The number of ether oxygens (including phenoxy) is 2. The summed E-state index contributed by atoms with van der Waals surface area (Å²) in [6.45, 7) is 3.49. The van der Waals surface area contributed by atoms with Crippen LogP contribution in [0.5, 0.6) is 5.75 Å². The minimum absolute atomic E-state index is 0.146. The Morgan fingerprint density at radius 3 is 2.77 bits per heavy atom. The van der Waals surface area contributed by atoms with E-state index in [1.54, 1.807) is 7.11 Å². The number of amides is 1. The van der Waals surface area contributed by atoms with E-state index in [0.29, 0.717) is 19.6 Å². The summed E-state index contributed by atoms with van der Waals surface area (Å²) in [5, 5.41) is 0. The monoisotopic (exact) mass is 355 g/mol. The van der Waals surface area contributed by atoms with Gasteiger partial charge in [-0.1, -0.05) is 12.1 Å². The van der Waals surface area contributed by atoms with Gasteiger partial charge in [-0.25, -0.2) is 4.98 Å². The van der Waals surface area contributed by atoms with Crippen molar-refractivity contribution in [2.24, 2.45) is 5.92 Å². The summed E-state index contributed by atoms with van der Waals surface area (Å²) in [5.74, 6) is 1.70. The zero-order valence-electron chi connectivity index (χ0n) is 15.2. The average Bonchev–Trinajstić information content (AvgIpc) is 3.41. The molecule has 0 radical (unpaired) electrons. The van der Waals surface area contributed by atoms with Crippen LogP contribution in [0, 0.1) is 5.92 Å². The molecule has 2 heterocycles. The van der Waals surface area contributed by atoms with Crippen LogP contribution >= 0.6 is 0 Å². The highest BCUT2D eigenvalue weighted by atomic mass is 16.5. The number of carbonyl (C=O) groups excluding carboxylic acids is 1. The average molecular weight is 355 g/mol. The second-order valence-corrected chi connectivity index (χ2v) is 7.13. The first-order chi connectivity index (χ1) is 12.7. The summed E-state index contributed by atoms with van der Waals surface area (Å²) >= 11 is 0. The van der Waals surface area contributed by atoms with Crippen LogP contribution in [0.15, 0.2) is 30.6 Å². The van der Waals surface area contributed by atoms with Crippen molar-refractivity contribution in [3.63, 3.8) is 0 Å². The molecule has 1 amide bonds. The zero-order chi connectivity index (χ0) is 17.9. The highest BCUT2D eigenvalue weighted by Crippen LogP contribution is 2.29. The van der Waals surface area contributed by atoms with E-state index >= 15 is 0 Å². The Morgan fingerprint density at radius 1 is 1.23 bits per heavy atom. The molecular weight excluding hydrogens is 330 g/mol. The number of nitrogens with zero attached hydrogens (tertiary/aromatic N) is 3. The fourth-order valence-electron chi connectivity index (χ4n) is 3.28. The van der Waals surface area contributed by atoms with E-state index in [0.717, 1.165) is 48.3 Å². The fraction of sp³-hybridized carbons (Fsp3) is 0.500. The van der Waals surface area contributed by atoms with Gasteiger partial charge in [-0.05, 0) is 36.5 Å². The molecule has 0 bridgehead atoms. The summed E-state index contributed by atoms with van der Waals surface area (Å²) in [5.41, 5.74) is 3.07. The van der Waals surface area contributed by atoms with E-state index in [1.807, 2.05) is 35.5 Å². The molecule has 0 atom stereocenters. The standard InChI is InChI=1S/C20H25N3O3/c1-25-17-6-4-15(5-7-17)10-20(24)22-8-9-23-14-21-18(19(23)11-22)13-26-12-16-2-3-16/h4-7,14,16H,2-3,8-13H2,1H3. The maximum absolute atomic E-state index is 12.7. The first-order valence-electron chi connectivity index (χ1n) is 9.24. The Kier molecular flexibility index (Phi) is 4.93. The summed E-state index contributed by atoms with van der Waals surface area (Å²) in [7, 11) is 1.64. The van der Waals surface area contributed by atoms with Gasteiger partial charge in [-0.3, -0.25) is 4.79 Å². The third kappa shape index (κ3) is 3.90. The number of imidazole rings is 1. The van der Waals surface area contributed by atoms with E-state index in [1.165, 1.54) is 12.8 Å². The zero-order valence-corrected chi connectivity index (χ0v) is 15.2. The number of hydrogen-bond acceptors (Lipinski definition) is 4. The van der Waals surface area contributed by atoms with Crippen LogP contribution in [0.4, 0.5) is 0 Å². The number of rotatable bonds is 7. The first kappa shape index (κ1) is 17.1. The molecule has 2 aliphatic rings. The van der Waals surface area contributed by atoms with E-state index in [9.17, 15) is 4.79 Å². The molecule has 6 heteroatoms. The second-order valence-electron chi connectivity index (χ2n) is 7.13. The van der Waals surface area contributed by atoms with Gasteiger partial charge in [0.15, 0.2) is 0 Å². The van der Waals surface area contributed by atoms with Crippen LogP contribution in [-0.2, 0) is 35.6 Å². The molecule has 6 nitrogen and oxygen atoms in total. The van der Waals surface area contributed by atoms with Crippen LogP contribution < -0.4 is 4.74 Å². The van der Waals surface area contributed by atoms with Crippen molar-refractivity contribution in [1.29, 1.82) is 0 Å². The predicted molar refractivity (Wildman–Crippen MR) is 96.7 cm³/mol. The lowest BCUT2D eigenvalue weighted by Crippen LogP contribution is -2.39. The second kappa shape index (κ2) is 7.50. The minimum atomic E-state index is 0.146. The van der Waals surface area contributed by atoms with Crippen LogP contribution in [0.25, 0.3) is 0 Å². The molecule has 138 valence electrons. The lowest BCUT2D eigenvalue weighted by molar-refractivity contribution is -0.131. The van der Waals surface area contributed by atoms with Gasteiger partial charge >= 0.3 is 0 Å². The van der Waals surface area contributed by atoms with Crippen molar-refractivity contribution in [3.05, 3.63) is 47.5 Å². The van der Waals surface area contributed by atoms with Crippen molar-refractivity contribution in [2.45, 2.75) is 39.0 Å². The molecule has 26 heavy (non-hydrogen) atoms. The van der Waals surface area contributed by atoms with Gasteiger partial charge in [0.1, 0.15) is 5.75 Å². The van der Waals surface area contributed by atoms with Crippen LogP contribution in [0.2, 0.25) is 0 Å². The molecule has 1 aromatic heterocycles. The van der Waals surface area contributed by atoms with Gasteiger partial charge in [0.2, 0.25) is 5.91 Å². The van der Waals surface area contributed by atoms with E-state index in [4.69, 9.17) is 9.47 Å². The summed E-state index contributed by atoms with van der Waals surface area (Å²) in [4.78, 5) is 19.1. The molecule has 0 saturated heterocycles. The predicted octanol–water partition coefficient (Wildman–Crippen LogP) is 2.40. The van der Waals surface area contributed by atoms with Crippen molar-refractivity contribution >= 4 is 5.91 Å². The Bertz CT molecular complexity index is 765. The largest absolute Gasteiger partial charge is 0.497 e. The van der Waals surface area contributed by atoms with Crippen molar-refractivity contribution < 1.29 is 14.3 Å². The fourth-order valence-corrected chi connectivity index (χ4v) is 3.28. The summed E-state index contributed by atoms with van der Waals surface area (Å²) < 4.78 is 13.1. The quantitative estimate of drug-likeness (QED) is 0.765. The minimum Gasteiger partial charge on any atom is -0.497 e. The molecule has 0 spiro atoms. The van der Waals surface area contributed by atoms with Gasteiger partial charge in [-0.15, -0.1) is 0 Å². The first-order valence-corrected chi connectivity index (χ1v) is 9.24. The van der Waals surface area contributed by atoms with Crippen molar-refractivity contribution in [2.75, 3.05) is 20.3 Å². The lowest BCUT2D eigenvalue weighted by Gasteiger charge is -2.29. The third-order valence-electron chi connectivity index (χ3n) is 5.14. The molecule has 1 aromatic carbocycles. The summed E-state index contributed by atoms with van der Waals surface area (Å²) in [6.07, 6.45) is 4.85. The number of aromatic nitrogens is 2. The Labute approximate surface area is 153 Å². The number of fused-ring (bicyclic) bond motifs is 1. The highest BCUT2D eigenvalue weighted by molar-refractivity contribution is 5.79. The maximum Gasteiger partial charge on any atom is 0.227 e. The SMILES string of the molecule is COc1ccc(CC(=O)N2CCn3cnc(COCC4CC4)c3C2)cc1. The Balaban J connectivity index is 1.36. The van der Waals surface area contributed by atoms with Crippen molar-refractivity contribution in [3.8, 4) is 5.75 Å². The molecular formula is C20H25N3O3. The van der Waals surface area contributed by atoms with Gasteiger partial charge in [-0.2, -0.15) is 0 Å². The van der Waals surface area contributed by atoms with Gasteiger partial charge in [0.25, 0.3) is 0 Å². The molecule has 2 aromatic rings. The van der Waals surface area contributed by atoms with Crippen LogP contribution in [0.3, 0.4) is 0 Å². The molecule has 0 unspecified atom stereocenters. The number of carbonyl (C=O) groups is 1.